The predicted octanol–water partition coefficient (Wildman–Crippen LogP) is 2.06. The van der Waals surface area contributed by atoms with Gasteiger partial charge >= 0.3 is 0 Å². The average Bonchev–Trinajstić information content (AvgIpc) is 2.80. The van der Waals surface area contributed by atoms with Crippen molar-refractivity contribution in [2.24, 2.45) is 0 Å². The van der Waals surface area contributed by atoms with E-state index in [4.69, 9.17) is 11.6 Å². The van der Waals surface area contributed by atoms with Crippen LogP contribution in [-0.2, 0) is 6.54 Å². The third-order valence-electron chi connectivity index (χ3n) is 2.50. The third kappa shape index (κ3) is 1.98. The maximum Gasteiger partial charge on any atom is 0.298 e. The minimum absolute atomic E-state index is 0.250. The Kier molecular flexibility index (Phi) is 3.02. The summed E-state index contributed by atoms with van der Waals surface area (Å²) in [5, 5.41) is 8.54. The molecule has 0 saturated heterocycles. The summed E-state index contributed by atoms with van der Waals surface area (Å²) in [5.41, 5.74) is 1.96. The van der Waals surface area contributed by atoms with Crippen molar-refractivity contribution >= 4 is 17.5 Å². The van der Waals surface area contributed by atoms with Crippen LogP contribution in [0.5, 0.6) is 0 Å². The van der Waals surface area contributed by atoms with Crippen molar-refractivity contribution in [1.82, 2.24) is 19.6 Å². The van der Waals surface area contributed by atoms with Gasteiger partial charge in [0.15, 0.2) is 0 Å². The van der Waals surface area contributed by atoms with Gasteiger partial charge in [-0.25, -0.2) is 0 Å². The Morgan fingerprint density at radius 2 is 2.18 bits per heavy atom. The first kappa shape index (κ1) is 11.9. The highest BCUT2D eigenvalue weighted by atomic mass is 35.5. The fraction of sp³-hybridized carbons (Fsp3) is 0.364. The van der Waals surface area contributed by atoms with Gasteiger partial charge in [-0.15, -0.1) is 0 Å². The van der Waals surface area contributed by atoms with Crippen LogP contribution in [0, 0.1) is 13.8 Å². The minimum Gasteiger partial charge on any atom is -0.265 e. The topological polar surface area (TPSA) is 52.7 Å². The van der Waals surface area contributed by atoms with Crippen LogP contribution in [0.25, 0.3) is 0 Å². The summed E-state index contributed by atoms with van der Waals surface area (Å²) in [6.07, 6.45) is 1.48. The number of rotatable bonds is 2. The molecule has 0 aliphatic rings. The van der Waals surface area contributed by atoms with Crippen molar-refractivity contribution in [1.29, 1.82) is 0 Å². The largest absolute Gasteiger partial charge is 0.298 e. The van der Waals surface area contributed by atoms with Crippen molar-refractivity contribution in [3.63, 3.8) is 0 Å². The van der Waals surface area contributed by atoms with Gasteiger partial charge in [-0.3, -0.25) is 9.48 Å². The average molecular weight is 253 g/mol. The molecule has 0 atom stereocenters. The molecule has 0 fully saturated rings. The van der Waals surface area contributed by atoms with Crippen LogP contribution < -0.4 is 0 Å². The summed E-state index contributed by atoms with van der Waals surface area (Å²) >= 11 is 5.98. The van der Waals surface area contributed by atoms with Crippen molar-refractivity contribution in [3.05, 3.63) is 34.4 Å². The second kappa shape index (κ2) is 4.33. The molecule has 0 N–H and O–H groups in total. The van der Waals surface area contributed by atoms with E-state index >= 15 is 0 Å². The Hall–Kier alpha value is -1.62. The SMILES string of the molecule is CCn1ncc(Cl)c1C(=O)n1nc(C)cc1C. The number of aryl methyl sites for hydroxylation is 3. The number of carbonyl (C=O) groups excluding carboxylic acids is 1. The lowest BCUT2D eigenvalue weighted by molar-refractivity contribution is 0.0931. The third-order valence-corrected chi connectivity index (χ3v) is 2.78. The summed E-state index contributed by atoms with van der Waals surface area (Å²) in [6, 6.07) is 1.85. The molecule has 0 saturated carbocycles. The maximum absolute atomic E-state index is 12.3. The number of nitrogens with zero attached hydrogens (tertiary/aromatic N) is 4. The molecule has 90 valence electrons. The number of hydrogen-bond donors (Lipinski definition) is 0. The lowest BCUT2D eigenvalue weighted by Gasteiger charge is -2.05. The number of carbonyl (C=O) groups is 1. The quantitative estimate of drug-likeness (QED) is 0.822. The van der Waals surface area contributed by atoms with E-state index in [2.05, 4.69) is 10.2 Å². The summed E-state index contributed by atoms with van der Waals surface area (Å²) < 4.78 is 2.92. The zero-order valence-corrected chi connectivity index (χ0v) is 10.7. The zero-order valence-electron chi connectivity index (χ0n) is 9.94. The molecule has 2 heterocycles. The van der Waals surface area contributed by atoms with Gasteiger partial charge in [0.1, 0.15) is 5.69 Å². The van der Waals surface area contributed by atoms with Crippen LogP contribution in [0.2, 0.25) is 5.02 Å². The van der Waals surface area contributed by atoms with Gasteiger partial charge in [-0.2, -0.15) is 14.9 Å². The summed E-state index contributed by atoms with van der Waals surface area (Å²) in [7, 11) is 0. The monoisotopic (exact) mass is 252 g/mol. The molecular weight excluding hydrogens is 240 g/mol. The molecule has 0 aliphatic carbocycles. The van der Waals surface area contributed by atoms with Gasteiger partial charge in [-0.05, 0) is 26.8 Å². The van der Waals surface area contributed by atoms with Gasteiger partial charge in [0.25, 0.3) is 5.91 Å². The van der Waals surface area contributed by atoms with Crippen LogP contribution in [0.4, 0.5) is 0 Å². The van der Waals surface area contributed by atoms with Gasteiger partial charge in [-0.1, -0.05) is 11.6 Å². The van der Waals surface area contributed by atoms with E-state index in [0.717, 1.165) is 11.4 Å². The van der Waals surface area contributed by atoms with E-state index in [1.54, 1.807) is 4.68 Å². The van der Waals surface area contributed by atoms with Crippen LogP contribution in [0.15, 0.2) is 12.3 Å². The Morgan fingerprint density at radius 3 is 2.71 bits per heavy atom. The molecule has 0 unspecified atom stereocenters. The van der Waals surface area contributed by atoms with E-state index in [1.807, 2.05) is 26.8 Å². The Bertz CT molecular complexity index is 570. The molecule has 0 spiro atoms. The summed E-state index contributed by atoms with van der Waals surface area (Å²) in [5.74, 6) is -0.250. The van der Waals surface area contributed by atoms with E-state index in [0.29, 0.717) is 17.3 Å². The van der Waals surface area contributed by atoms with Crippen molar-refractivity contribution in [3.8, 4) is 0 Å². The molecule has 5 nitrogen and oxygen atoms in total. The molecular formula is C11H13ClN4O. The first-order valence-corrected chi connectivity index (χ1v) is 5.71. The Labute approximate surface area is 104 Å². The van der Waals surface area contributed by atoms with E-state index in [-0.39, 0.29) is 5.91 Å². The van der Waals surface area contributed by atoms with Gasteiger partial charge in [0.2, 0.25) is 0 Å². The van der Waals surface area contributed by atoms with Crippen LogP contribution >= 0.6 is 11.6 Å². The van der Waals surface area contributed by atoms with Crippen molar-refractivity contribution in [2.75, 3.05) is 0 Å². The smallest absolute Gasteiger partial charge is 0.265 e. The van der Waals surface area contributed by atoms with E-state index < -0.39 is 0 Å². The lowest BCUT2D eigenvalue weighted by atomic mass is 10.3. The second-order valence-corrected chi connectivity index (χ2v) is 4.21. The standard InChI is InChI=1S/C11H13ClN4O/c1-4-15-10(9(12)6-13-15)11(17)16-8(3)5-7(2)14-16/h5-6H,4H2,1-3H3. The number of aromatic nitrogens is 4. The highest BCUT2D eigenvalue weighted by molar-refractivity contribution is 6.33. The fourth-order valence-corrected chi connectivity index (χ4v) is 1.97. The first-order chi connectivity index (χ1) is 8.04. The van der Waals surface area contributed by atoms with Crippen LogP contribution in [0.3, 0.4) is 0 Å². The predicted molar refractivity (Wildman–Crippen MR) is 64.3 cm³/mol. The van der Waals surface area contributed by atoms with E-state index in [9.17, 15) is 4.79 Å². The van der Waals surface area contributed by atoms with Crippen LogP contribution in [-0.4, -0.2) is 25.5 Å². The fourth-order valence-electron chi connectivity index (χ4n) is 1.75. The lowest BCUT2D eigenvalue weighted by Crippen LogP contribution is -2.20. The molecule has 2 aromatic heterocycles. The minimum atomic E-state index is -0.250. The number of hydrogen-bond acceptors (Lipinski definition) is 3. The molecule has 17 heavy (non-hydrogen) atoms. The highest BCUT2D eigenvalue weighted by Gasteiger charge is 2.20. The zero-order chi connectivity index (χ0) is 12.6. The first-order valence-electron chi connectivity index (χ1n) is 5.34. The molecule has 2 aromatic rings. The van der Waals surface area contributed by atoms with Gasteiger partial charge in [0.05, 0.1) is 16.9 Å². The summed E-state index contributed by atoms with van der Waals surface area (Å²) in [6.45, 7) is 6.17. The molecule has 6 heteroatoms. The molecule has 0 radical (unpaired) electrons. The summed E-state index contributed by atoms with van der Waals surface area (Å²) in [4.78, 5) is 12.3. The normalized spacial score (nSPS) is 10.8. The molecule has 2 rings (SSSR count). The number of halogens is 1. The van der Waals surface area contributed by atoms with Crippen molar-refractivity contribution < 1.29 is 4.79 Å². The Morgan fingerprint density at radius 1 is 1.47 bits per heavy atom. The van der Waals surface area contributed by atoms with E-state index in [1.165, 1.54) is 10.9 Å². The maximum atomic E-state index is 12.3. The Balaban J connectivity index is 2.50. The molecule has 0 aliphatic heterocycles. The molecule has 0 bridgehead atoms. The van der Waals surface area contributed by atoms with Gasteiger partial charge < -0.3 is 0 Å². The van der Waals surface area contributed by atoms with Crippen molar-refractivity contribution in [2.45, 2.75) is 27.3 Å². The molecule has 0 amide bonds. The van der Waals surface area contributed by atoms with Crippen LogP contribution in [0.1, 0.15) is 28.8 Å². The second-order valence-electron chi connectivity index (χ2n) is 3.80. The highest BCUT2D eigenvalue weighted by Crippen LogP contribution is 2.17. The molecule has 0 aromatic carbocycles. The van der Waals surface area contributed by atoms with Gasteiger partial charge in [0, 0.05) is 12.2 Å².